The number of hydrogen-bond donors (Lipinski definition) is 1. The molecule has 25 heavy (non-hydrogen) atoms. The summed E-state index contributed by atoms with van der Waals surface area (Å²) < 4.78 is 15.9. The Morgan fingerprint density at radius 3 is 3.12 bits per heavy atom. The first kappa shape index (κ1) is 15.5. The summed E-state index contributed by atoms with van der Waals surface area (Å²) >= 11 is 0. The molecule has 0 spiro atoms. The first-order valence-corrected chi connectivity index (χ1v) is 8.12. The van der Waals surface area contributed by atoms with Gasteiger partial charge in [-0.15, -0.1) is 10.2 Å². The van der Waals surface area contributed by atoms with Crippen molar-refractivity contribution in [2.45, 2.75) is 25.8 Å². The van der Waals surface area contributed by atoms with E-state index in [0.29, 0.717) is 30.1 Å². The van der Waals surface area contributed by atoms with E-state index in [2.05, 4.69) is 20.5 Å². The molecular weight excluding hydrogens is 323 g/mol. The van der Waals surface area contributed by atoms with Crippen molar-refractivity contribution in [3.63, 3.8) is 0 Å². The second-order valence-corrected chi connectivity index (χ2v) is 6.12. The molecule has 8 heteroatoms. The molecule has 3 heterocycles. The Hall–Kier alpha value is -3.03. The fraction of sp³-hybridized carbons (Fsp3) is 0.294. The summed E-state index contributed by atoms with van der Waals surface area (Å²) in [7, 11) is 0. The van der Waals surface area contributed by atoms with Gasteiger partial charge >= 0.3 is 0 Å². The molecule has 128 valence electrons. The number of amides is 1. The van der Waals surface area contributed by atoms with E-state index in [9.17, 15) is 9.18 Å². The monoisotopic (exact) mass is 340 g/mol. The Morgan fingerprint density at radius 2 is 2.24 bits per heavy atom. The molecular formula is C17H17FN6O. The van der Waals surface area contributed by atoms with Crippen LogP contribution in [0.2, 0.25) is 0 Å². The van der Waals surface area contributed by atoms with Gasteiger partial charge in [0.05, 0.1) is 5.69 Å². The molecule has 1 aliphatic heterocycles. The standard InChI is InChI=1S/C17H17FN6O/c1-11-4-5-12(18)14(9-11)24-7-2-3-13(17(24)25)21-15-16-22-20-10-23(16)8-6-19-15/h4-6,8-10,13H,2-3,7H2,1H3,(H,19,21)/t13-/m0/s1. The van der Waals surface area contributed by atoms with Crippen LogP contribution in [-0.2, 0) is 4.79 Å². The highest BCUT2D eigenvalue weighted by Gasteiger charge is 2.31. The van der Waals surface area contributed by atoms with Crippen LogP contribution in [0, 0.1) is 12.7 Å². The van der Waals surface area contributed by atoms with E-state index in [4.69, 9.17) is 0 Å². The topological polar surface area (TPSA) is 75.4 Å². The quantitative estimate of drug-likeness (QED) is 0.791. The number of nitrogens with zero attached hydrogens (tertiary/aromatic N) is 5. The molecule has 1 fully saturated rings. The number of rotatable bonds is 3. The fourth-order valence-electron chi connectivity index (χ4n) is 3.10. The van der Waals surface area contributed by atoms with Gasteiger partial charge in [-0.25, -0.2) is 9.37 Å². The normalized spacial score (nSPS) is 17.9. The Balaban J connectivity index is 1.62. The van der Waals surface area contributed by atoms with E-state index < -0.39 is 11.9 Å². The number of aromatic nitrogens is 4. The molecule has 7 nitrogen and oxygen atoms in total. The number of halogens is 1. The van der Waals surface area contributed by atoms with Crippen LogP contribution in [0.5, 0.6) is 0 Å². The van der Waals surface area contributed by atoms with Crippen molar-refractivity contribution < 1.29 is 9.18 Å². The molecule has 3 aromatic rings. The number of hydrogen-bond acceptors (Lipinski definition) is 5. The Morgan fingerprint density at radius 1 is 1.36 bits per heavy atom. The number of fused-ring (bicyclic) bond motifs is 1. The molecule has 1 atom stereocenters. The van der Waals surface area contributed by atoms with Crippen molar-refractivity contribution in [2.24, 2.45) is 0 Å². The summed E-state index contributed by atoms with van der Waals surface area (Å²) in [5, 5.41) is 11.0. The summed E-state index contributed by atoms with van der Waals surface area (Å²) in [6.45, 7) is 2.38. The van der Waals surface area contributed by atoms with Crippen LogP contribution < -0.4 is 10.2 Å². The van der Waals surface area contributed by atoms with Crippen molar-refractivity contribution in [2.75, 3.05) is 16.8 Å². The number of nitrogens with one attached hydrogen (secondary N) is 1. The van der Waals surface area contributed by atoms with Crippen LogP contribution in [-0.4, -0.2) is 38.1 Å². The van der Waals surface area contributed by atoms with Crippen molar-refractivity contribution in [1.29, 1.82) is 0 Å². The lowest BCUT2D eigenvalue weighted by molar-refractivity contribution is -0.120. The summed E-state index contributed by atoms with van der Waals surface area (Å²) in [6.07, 6.45) is 6.34. The summed E-state index contributed by atoms with van der Waals surface area (Å²) in [5.74, 6) is -0.0683. The lowest BCUT2D eigenvalue weighted by Crippen LogP contribution is -2.48. The Labute approximate surface area is 143 Å². The van der Waals surface area contributed by atoms with E-state index in [1.54, 1.807) is 35.3 Å². The van der Waals surface area contributed by atoms with Crippen molar-refractivity contribution in [1.82, 2.24) is 19.6 Å². The predicted molar refractivity (Wildman–Crippen MR) is 90.9 cm³/mol. The highest BCUT2D eigenvalue weighted by Crippen LogP contribution is 2.26. The van der Waals surface area contributed by atoms with Gasteiger partial charge in [-0.2, -0.15) is 0 Å². The zero-order valence-electron chi connectivity index (χ0n) is 13.7. The largest absolute Gasteiger partial charge is 0.355 e. The maximum Gasteiger partial charge on any atom is 0.249 e. The third-order valence-electron chi connectivity index (χ3n) is 4.36. The molecule has 4 rings (SSSR count). The van der Waals surface area contributed by atoms with Gasteiger partial charge in [0.2, 0.25) is 11.6 Å². The Bertz CT molecular complexity index is 940. The van der Waals surface area contributed by atoms with E-state index in [0.717, 1.165) is 12.0 Å². The van der Waals surface area contributed by atoms with Crippen molar-refractivity contribution >= 4 is 23.1 Å². The van der Waals surface area contributed by atoms with Gasteiger partial charge in [-0.05, 0) is 37.5 Å². The zero-order chi connectivity index (χ0) is 17.4. The van der Waals surface area contributed by atoms with E-state index in [1.807, 2.05) is 6.92 Å². The van der Waals surface area contributed by atoms with Gasteiger partial charge in [0.1, 0.15) is 18.2 Å². The van der Waals surface area contributed by atoms with Gasteiger partial charge < -0.3 is 10.2 Å². The van der Waals surface area contributed by atoms with Gasteiger partial charge in [0, 0.05) is 18.9 Å². The van der Waals surface area contributed by atoms with Gasteiger partial charge in [0.15, 0.2) is 5.82 Å². The molecule has 0 aliphatic carbocycles. The molecule has 0 saturated carbocycles. The number of carbonyl (C=O) groups is 1. The molecule has 1 aliphatic rings. The van der Waals surface area contributed by atoms with E-state index >= 15 is 0 Å². The lowest BCUT2D eigenvalue weighted by Gasteiger charge is -2.33. The van der Waals surface area contributed by atoms with Crippen LogP contribution in [0.15, 0.2) is 36.9 Å². The second kappa shape index (κ2) is 6.12. The average molecular weight is 340 g/mol. The van der Waals surface area contributed by atoms with Crippen LogP contribution in [0.4, 0.5) is 15.9 Å². The number of aryl methyl sites for hydroxylation is 1. The van der Waals surface area contributed by atoms with Gasteiger partial charge in [-0.1, -0.05) is 6.07 Å². The fourth-order valence-corrected chi connectivity index (χ4v) is 3.10. The molecule has 0 radical (unpaired) electrons. The lowest BCUT2D eigenvalue weighted by atomic mass is 10.0. The van der Waals surface area contributed by atoms with Crippen molar-refractivity contribution in [3.05, 3.63) is 48.3 Å². The summed E-state index contributed by atoms with van der Waals surface area (Å²) in [5.41, 5.74) is 1.79. The third-order valence-corrected chi connectivity index (χ3v) is 4.36. The van der Waals surface area contributed by atoms with Crippen molar-refractivity contribution in [3.8, 4) is 0 Å². The number of anilines is 2. The molecule has 0 unspecified atom stereocenters. The first-order valence-electron chi connectivity index (χ1n) is 8.12. The number of piperidine rings is 1. The minimum atomic E-state index is -0.482. The first-order chi connectivity index (χ1) is 12.1. The summed E-state index contributed by atoms with van der Waals surface area (Å²) in [4.78, 5) is 18.7. The van der Waals surface area contributed by atoms with E-state index in [-0.39, 0.29) is 5.91 Å². The smallest absolute Gasteiger partial charge is 0.249 e. The molecule has 1 amide bonds. The molecule has 0 bridgehead atoms. The Kier molecular flexibility index (Phi) is 3.79. The molecule has 1 aromatic carbocycles. The summed E-state index contributed by atoms with van der Waals surface area (Å²) in [6, 6.07) is 4.31. The van der Waals surface area contributed by atoms with E-state index in [1.165, 1.54) is 11.0 Å². The average Bonchev–Trinajstić information content (AvgIpc) is 3.09. The highest BCUT2D eigenvalue weighted by atomic mass is 19.1. The predicted octanol–water partition coefficient (Wildman–Crippen LogP) is 2.18. The number of carbonyl (C=O) groups excluding carboxylic acids is 1. The van der Waals surface area contributed by atoms with Gasteiger partial charge in [0.25, 0.3) is 0 Å². The minimum absolute atomic E-state index is 0.168. The van der Waals surface area contributed by atoms with Crippen LogP contribution in [0.3, 0.4) is 0 Å². The molecule has 1 N–H and O–H groups in total. The van der Waals surface area contributed by atoms with Crippen LogP contribution in [0.25, 0.3) is 5.65 Å². The third kappa shape index (κ3) is 2.79. The highest BCUT2D eigenvalue weighted by molar-refractivity contribution is 5.99. The second-order valence-electron chi connectivity index (χ2n) is 6.12. The van der Waals surface area contributed by atoms with Crippen LogP contribution in [0.1, 0.15) is 18.4 Å². The maximum absolute atomic E-state index is 14.2. The minimum Gasteiger partial charge on any atom is -0.355 e. The maximum atomic E-state index is 14.2. The van der Waals surface area contributed by atoms with Gasteiger partial charge in [-0.3, -0.25) is 9.20 Å². The number of benzene rings is 1. The van der Waals surface area contributed by atoms with Crippen LogP contribution >= 0.6 is 0 Å². The molecule has 2 aromatic heterocycles. The zero-order valence-corrected chi connectivity index (χ0v) is 13.7. The molecule has 1 saturated heterocycles. The SMILES string of the molecule is Cc1ccc(F)c(N2CCC[C@H](Nc3nccn4cnnc34)C2=O)c1.